The van der Waals surface area contributed by atoms with Gasteiger partial charge in [0.15, 0.2) is 0 Å². The summed E-state index contributed by atoms with van der Waals surface area (Å²) in [5.41, 5.74) is 1.16. The molecule has 1 fully saturated rings. The minimum absolute atomic E-state index is 0.107. The molecule has 0 aliphatic carbocycles. The molecule has 23 heavy (non-hydrogen) atoms. The van der Waals surface area contributed by atoms with Crippen LogP contribution >= 0.6 is 0 Å². The summed E-state index contributed by atoms with van der Waals surface area (Å²) in [5, 5.41) is 6.59. The molecule has 1 heterocycles. The molecule has 2 N–H and O–H groups in total. The van der Waals surface area contributed by atoms with E-state index in [1.54, 1.807) is 7.11 Å². The number of ether oxygens (including phenoxy) is 1. The van der Waals surface area contributed by atoms with Gasteiger partial charge in [-0.1, -0.05) is 31.9 Å². The first-order valence-electron chi connectivity index (χ1n) is 8.87. The largest absolute Gasteiger partial charge is 0.497 e. The summed E-state index contributed by atoms with van der Waals surface area (Å²) in [5.74, 6) is 1.69. The minimum atomic E-state index is 0.107. The summed E-state index contributed by atoms with van der Waals surface area (Å²) >= 11 is 0. The maximum Gasteiger partial charge on any atom is 0.220 e. The van der Waals surface area contributed by atoms with Crippen molar-refractivity contribution in [2.24, 2.45) is 5.92 Å². The minimum Gasteiger partial charge on any atom is -0.497 e. The molecule has 1 aliphatic heterocycles. The number of hydrogen-bond donors (Lipinski definition) is 2. The lowest BCUT2D eigenvalue weighted by atomic mass is 9.99. The number of unbranched alkanes of at least 4 members (excludes halogenated alkanes) is 1. The zero-order valence-electron chi connectivity index (χ0n) is 14.4. The molecule has 4 heteroatoms. The summed E-state index contributed by atoms with van der Waals surface area (Å²) in [4.78, 5) is 12.3. The lowest BCUT2D eigenvalue weighted by Gasteiger charge is -2.20. The Morgan fingerprint density at radius 1 is 1.39 bits per heavy atom. The molecule has 2 unspecified atom stereocenters. The van der Waals surface area contributed by atoms with Gasteiger partial charge in [0.1, 0.15) is 5.75 Å². The highest BCUT2D eigenvalue weighted by Crippen LogP contribution is 2.23. The van der Waals surface area contributed by atoms with E-state index in [4.69, 9.17) is 4.74 Å². The molecule has 1 saturated heterocycles. The van der Waals surface area contributed by atoms with Crippen molar-refractivity contribution in [2.75, 3.05) is 20.2 Å². The predicted molar refractivity (Wildman–Crippen MR) is 93.6 cm³/mol. The second kappa shape index (κ2) is 9.56. The van der Waals surface area contributed by atoms with E-state index in [-0.39, 0.29) is 11.9 Å². The van der Waals surface area contributed by atoms with Gasteiger partial charge in [-0.05, 0) is 56.0 Å². The number of carbonyl (C=O) groups excluding carboxylic acids is 1. The third-order valence-electron chi connectivity index (χ3n) is 4.64. The van der Waals surface area contributed by atoms with E-state index in [2.05, 4.69) is 29.7 Å². The van der Waals surface area contributed by atoms with E-state index in [0.29, 0.717) is 12.3 Å². The Morgan fingerprint density at radius 2 is 2.17 bits per heavy atom. The fourth-order valence-corrected chi connectivity index (χ4v) is 3.13. The summed E-state index contributed by atoms with van der Waals surface area (Å²) in [6.45, 7) is 4.34. The van der Waals surface area contributed by atoms with Gasteiger partial charge in [0.2, 0.25) is 5.91 Å². The van der Waals surface area contributed by atoms with E-state index < -0.39 is 0 Å². The van der Waals surface area contributed by atoms with Crippen molar-refractivity contribution in [1.29, 1.82) is 0 Å². The van der Waals surface area contributed by atoms with E-state index in [1.807, 2.05) is 12.1 Å². The molecule has 0 saturated carbocycles. The molecule has 128 valence electrons. The van der Waals surface area contributed by atoms with Crippen LogP contribution in [0.25, 0.3) is 0 Å². The average molecular weight is 318 g/mol. The molecule has 0 aromatic heterocycles. The Morgan fingerprint density at radius 3 is 2.78 bits per heavy atom. The van der Waals surface area contributed by atoms with Gasteiger partial charge in [0, 0.05) is 6.42 Å². The third kappa shape index (κ3) is 5.87. The van der Waals surface area contributed by atoms with Gasteiger partial charge in [-0.25, -0.2) is 0 Å². The lowest BCUT2D eigenvalue weighted by molar-refractivity contribution is -0.122. The third-order valence-corrected chi connectivity index (χ3v) is 4.64. The Hall–Kier alpha value is -1.55. The fourth-order valence-electron chi connectivity index (χ4n) is 3.13. The van der Waals surface area contributed by atoms with Crippen LogP contribution in [0.15, 0.2) is 24.3 Å². The summed E-state index contributed by atoms with van der Waals surface area (Å²) in [7, 11) is 1.67. The Labute approximate surface area is 140 Å². The first-order chi connectivity index (χ1) is 11.2. The highest BCUT2D eigenvalue weighted by molar-refractivity contribution is 5.76. The molecular formula is C19H30N2O2. The smallest absolute Gasteiger partial charge is 0.220 e. The Bertz CT molecular complexity index is 467. The van der Waals surface area contributed by atoms with E-state index in [0.717, 1.165) is 50.1 Å². The Kier molecular flexibility index (Phi) is 7.40. The van der Waals surface area contributed by atoms with Crippen molar-refractivity contribution in [1.82, 2.24) is 10.6 Å². The summed E-state index contributed by atoms with van der Waals surface area (Å²) in [6, 6.07) is 8.14. The zero-order chi connectivity index (χ0) is 16.5. The number of rotatable bonds is 9. The van der Waals surface area contributed by atoms with Crippen LogP contribution in [0.2, 0.25) is 0 Å². The van der Waals surface area contributed by atoms with Crippen molar-refractivity contribution >= 4 is 5.91 Å². The topological polar surface area (TPSA) is 50.4 Å². The summed E-state index contributed by atoms with van der Waals surface area (Å²) < 4.78 is 5.21. The molecule has 0 spiro atoms. The molecular weight excluding hydrogens is 288 g/mol. The SMILES string of the molecule is CCCCC(NC(=O)CCC1CCNC1)c1ccc(OC)cc1. The van der Waals surface area contributed by atoms with Crippen LogP contribution in [0.5, 0.6) is 5.75 Å². The fraction of sp³-hybridized carbons (Fsp3) is 0.632. The van der Waals surface area contributed by atoms with Crippen molar-refractivity contribution in [3.8, 4) is 5.75 Å². The first-order valence-corrected chi connectivity index (χ1v) is 8.87. The normalized spacial score (nSPS) is 18.6. The second-order valence-electron chi connectivity index (χ2n) is 6.43. The van der Waals surface area contributed by atoms with Crippen LogP contribution in [-0.2, 0) is 4.79 Å². The molecule has 4 nitrogen and oxygen atoms in total. The van der Waals surface area contributed by atoms with Crippen molar-refractivity contribution < 1.29 is 9.53 Å². The molecule has 2 atom stereocenters. The molecule has 1 aromatic rings. The number of amides is 1. The lowest BCUT2D eigenvalue weighted by Crippen LogP contribution is -2.29. The standard InChI is InChI=1S/C19H30N2O2/c1-3-4-5-18(16-7-9-17(23-2)10-8-16)21-19(22)11-6-15-12-13-20-14-15/h7-10,15,18,20H,3-6,11-14H2,1-2H3,(H,21,22). The first kappa shape index (κ1) is 17.8. The number of carbonyl (C=O) groups is 1. The number of nitrogens with one attached hydrogen (secondary N) is 2. The molecule has 1 aromatic carbocycles. The maximum absolute atomic E-state index is 12.3. The van der Waals surface area contributed by atoms with Gasteiger partial charge in [-0.2, -0.15) is 0 Å². The molecule has 0 radical (unpaired) electrons. The number of benzene rings is 1. The summed E-state index contributed by atoms with van der Waals surface area (Å²) in [6.07, 6.45) is 6.05. The second-order valence-corrected chi connectivity index (χ2v) is 6.43. The highest BCUT2D eigenvalue weighted by Gasteiger charge is 2.18. The number of methoxy groups -OCH3 is 1. The van der Waals surface area contributed by atoms with Crippen molar-refractivity contribution in [3.05, 3.63) is 29.8 Å². The van der Waals surface area contributed by atoms with Gasteiger partial charge in [0.05, 0.1) is 13.2 Å². The van der Waals surface area contributed by atoms with E-state index >= 15 is 0 Å². The van der Waals surface area contributed by atoms with Gasteiger partial charge in [0.25, 0.3) is 0 Å². The van der Waals surface area contributed by atoms with Crippen LogP contribution in [0.3, 0.4) is 0 Å². The molecule has 1 amide bonds. The number of hydrogen-bond acceptors (Lipinski definition) is 3. The van der Waals surface area contributed by atoms with Crippen LogP contribution in [-0.4, -0.2) is 26.1 Å². The van der Waals surface area contributed by atoms with Gasteiger partial charge >= 0.3 is 0 Å². The quantitative estimate of drug-likeness (QED) is 0.733. The molecule has 1 aliphatic rings. The zero-order valence-corrected chi connectivity index (χ0v) is 14.4. The maximum atomic E-state index is 12.3. The van der Waals surface area contributed by atoms with Crippen molar-refractivity contribution in [2.45, 2.75) is 51.5 Å². The van der Waals surface area contributed by atoms with Gasteiger partial charge in [-0.3, -0.25) is 4.79 Å². The highest BCUT2D eigenvalue weighted by atomic mass is 16.5. The van der Waals surface area contributed by atoms with E-state index in [9.17, 15) is 4.79 Å². The predicted octanol–water partition coefficient (Wildman–Crippen LogP) is 3.43. The molecule has 2 rings (SSSR count). The van der Waals surface area contributed by atoms with Crippen LogP contribution in [0.4, 0.5) is 0 Å². The van der Waals surface area contributed by atoms with Crippen molar-refractivity contribution in [3.63, 3.8) is 0 Å². The van der Waals surface area contributed by atoms with Crippen LogP contribution in [0.1, 0.15) is 57.1 Å². The van der Waals surface area contributed by atoms with Gasteiger partial charge < -0.3 is 15.4 Å². The van der Waals surface area contributed by atoms with Crippen LogP contribution < -0.4 is 15.4 Å². The molecule has 0 bridgehead atoms. The average Bonchev–Trinajstić information content (AvgIpc) is 3.10. The van der Waals surface area contributed by atoms with Crippen LogP contribution in [0, 0.1) is 5.92 Å². The van der Waals surface area contributed by atoms with Gasteiger partial charge in [-0.15, -0.1) is 0 Å². The monoisotopic (exact) mass is 318 g/mol. The van der Waals surface area contributed by atoms with E-state index in [1.165, 1.54) is 6.42 Å². The Balaban J connectivity index is 1.89.